The van der Waals surface area contributed by atoms with E-state index in [-0.39, 0.29) is 18.1 Å². The molecule has 0 aliphatic carbocycles. The van der Waals surface area contributed by atoms with Gasteiger partial charge in [-0.2, -0.15) is 0 Å². The highest BCUT2D eigenvalue weighted by molar-refractivity contribution is 8.01. The summed E-state index contributed by atoms with van der Waals surface area (Å²) in [5, 5.41) is 4.78. The Kier molecular flexibility index (Phi) is 8.12. The number of aromatic nitrogens is 1. The van der Waals surface area contributed by atoms with E-state index in [1.165, 1.54) is 23.1 Å². The van der Waals surface area contributed by atoms with Gasteiger partial charge in [0.05, 0.1) is 25.0 Å². The number of ether oxygens (including phenoxy) is 1. The first kappa shape index (κ1) is 20.5. The third kappa shape index (κ3) is 6.80. The highest BCUT2D eigenvalue weighted by Gasteiger charge is 2.11. The molecule has 5 nitrogen and oxygen atoms in total. The fourth-order valence-electron chi connectivity index (χ4n) is 2.15. The van der Waals surface area contributed by atoms with Crippen molar-refractivity contribution in [1.29, 1.82) is 0 Å². The normalized spacial score (nSPS) is 10.8. The molecule has 1 heterocycles. The molecular weight excluding hydrogens is 368 g/mol. The van der Waals surface area contributed by atoms with Crippen LogP contribution in [0.25, 0.3) is 0 Å². The van der Waals surface area contributed by atoms with E-state index in [0.29, 0.717) is 23.8 Å². The van der Waals surface area contributed by atoms with Gasteiger partial charge in [-0.3, -0.25) is 9.59 Å². The SMILES string of the molecule is COc1ccc(C(=O)CSc2nc(CC(=O)NCCC(C)C)cs2)cc1. The molecule has 26 heavy (non-hydrogen) atoms. The first-order valence-electron chi connectivity index (χ1n) is 8.49. The van der Waals surface area contributed by atoms with Crippen LogP contribution in [0.5, 0.6) is 5.75 Å². The van der Waals surface area contributed by atoms with Crippen LogP contribution >= 0.6 is 23.1 Å². The first-order chi connectivity index (χ1) is 12.5. The van der Waals surface area contributed by atoms with Crippen LogP contribution in [0.4, 0.5) is 0 Å². The van der Waals surface area contributed by atoms with Crippen molar-refractivity contribution < 1.29 is 14.3 Å². The fraction of sp³-hybridized carbons (Fsp3) is 0.421. The van der Waals surface area contributed by atoms with Crippen molar-refractivity contribution in [1.82, 2.24) is 10.3 Å². The van der Waals surface area contributed by atoms with E-state index in [0.717, 1.165) is 22.2 Å². The second kappa shape index (κ2) is 10.3. The van der Waals surface area contributed by atoms with Gasteiger partial charge in [-0.1, -0.05) is 25.6 Å². The van der Waals surface area contributed by atoms with Gasteiger partial charge in [0.15, 0.2) is 10.1 Å². The summed E-state index contributed by atoms with van der Waals surface area (Å²) >= 11 is 2.86. The number of nitrogens with one attached hydrogen (secondary N) is 1. The number of carbonyl (C=O) groups excluding carboxylic acids is 2. The number of amides is 1. The molecule has 0 saturated carbocycles. The summed E-state index contributed by atoms with van der Waals surface area (Å²) in [6.45, 7) is 4.95. The highest BCUT2D eigenvalue weighted by Crippen LogP contribution is 2.24. The van der Waals surface area contributed by atoms with Crippen molar-refractivity contribution in [2.24, 2.45) is 5.92 Å². The van der Waals surface area contributed by atoms with Crippen LogP contribution in [0, 0.1) is 5.92 Å². The Morgan fingerprint density at radius 1 is 1.27 bits per heavy atom. The number of ketones is 1. The summed E-state index contributed by atoms with van der Waals surface area (Å²) in [6, 6.07) is 7.07. The predicted molar refractivity (Wildman–Crippen MR) is 106 cm³/mol. The number of hydrogen-bond acceptors (Lipinski definition) is 6. The number of Topliss-reactive ketones (excluding diaryl/α,β-unsaturated/α-hetero) is 1. The molecule has 7 heteroatoms. The second-order valence-corrected chi connectivity index (χ2v) is 8.33. The minimum atomic E-state index is -0.0122. The molecule has 0 saturated heterocycles. The molecule has 1 amide bonds. The van der Waals surface area contributed by atoms with E-state index in [4.69, 9.17) is 4.74 Å². The zero-order valence-electron chi connectivity index (χ0n) is 15.3. The molecule has 0 aliphatic rings. The summed E-state index contributed by atoms with van der Waals surface area (Å²) < 4.78 is 5.89. The third-order valence-electron chi connectivity index (χ3n) is 3.65. The largest absolute Gasteiger partial charge is 0.497 e. The average Bonchev–Trinajstić information content (AvgIpc) is 3.06. The van der Waals surface area contributed by atoms with Gasteiger partial charge in [-0.05, 0) is 36.6 Å². The van der Waals surface area contributed by atoms with Crippen molar-refractivity contribution in [3.8, 4) is 5.75 Å². The minimum absolute atomic E-state index is 0.0122. The number of methoxy groups -OCH3 is 1. The highest BCUT2D eigenvalue weighted by atomic mass is 32.2. The van der Waals surface area contributed by atoms with Gasteiger partial charge in [0.1, 0.15) is 5.75 Å². The van der Waals surface area contributed by atoms with Crippen molar-refractivity contribution in [2.45, 2.75) is 31.0 Å². The zero-order valence-corrected chi connectivity index (χ0v) is 16.9. The summed E-state index contributed by atoms with van der Waals surface area (Å²) in [6.07, 6.45) is 1.25. The van der Waals surface area contributed by atoms with Crippen molar-refractivity contribution in [2.75, 3.05) is 19.4 Å². The van der Waals surface area contributed by atoms with Gasteiger partial charge in [-0.25, -0.2) is 4.98 Å². The lowest BCUT2D eigenvalue weighted by atomic mass is 10.1. The van der Waals surface area contributed by atoms with E-state index in [9.17, 15) is 9.59 Å². The quantitative estimate of drug-likeness (QED) is 0.492. The molecule has 0 radical (unpaired) electrons. The van der Waals surface area contributed by atoms with Crippen LogP contribution in [0.1, 0.15) is 36.3 Å². The van der Waals surface area contributed by atoms with Crippen LogP contribution in [-0.2, 0) is 11.2 Å². The maximum atomic E-state index is 12.2. The van der Waals surface area contributed by atoms with Crippen LogP contribution in [0.3, 0.4) is 0 Å². The number of nitrogens with zero attached hydrogens (tertiary/aromatic N) is 1. The van der Waals surface area contributed by atoms with Crippen molar-refractivity contribution in [3.63, 3.8) is 0 Å². The molecule has 0 spiro atoms. The molecule has 1 aromatic carbocycles. The number of thioether (sulfide) groups is 1. The Balaban J connectivity index is 1.78. The maximum Gasteiger partial charge on any atom is 0.226 e. The molecule has 0 unspecified atom stereocenters. The van der Waals surface area contributed by atoms with Gasteiger partial charge in [0.25, 0.3) is 0 Å². The lowest BCUT2D eigenvalue weighted by molar-refractivity contribution is -0.120. The standard InChI is InChI=1S/C19H24N2O3S2/c1-13(2)8-9-20-18(23)10-15-11-25-19(21-15)26-12-17(22)14-4-6-16(24-3)7-5-14/h4-7,11,13H,8-10,12H2,1-3H3,(H,20,23). The molecule has 1 N–H and O–H groups in total. The molecular formula is C19H24N2O3S2. The summed E-state index contributed by atoms with van der Waals surface area (Å²) in [5.41, 5.74) is 1.40. The Morgan fingerprint density at radius 3 is 2.65 bits per heavy atom. The molecule has 140 valence electrons. The molecule has 0 bridgehead atoms. The van der Waals surface area contributed by atoms with Crippen molar-refractivity contribution >= 4 is 34.8 Å². The monoisotopic (exact) mass is 392 g/mol. The zero-order chi connectivity index (χ0) is 18.9. The second-order valence-electron chi connectivity index (χ2n) is 6.25. The molecule has 2 rings (SSSR count). The maximum absolute atomic E-state index is 12.2. The van der Waals surface area contributed by atoms with Gasteiger partial charge in [0.2, 0.25) is 5.91 Å². The number of carbonyl (C=O) groups is 2. The Morgan fingerprint density at radius 2 is 2.00 bits per heavy atom. The Hall–Kier alpha value is -1.86. The van der Waals surface area contributed by atoms with Gasteiger partial charge >= 0.3 is 0 Å². The van der Waals surface area contributed by atoms with E-state index in [1.807, 2.05) is 5.38 Å². The number of thiazole rings is 1. The van der Waals surface area contributed by atoms with Gasteiger partial charge < -0.3 is 10.1 Å². The topological polar surface area (TPSA) is 68.3 Å². The molecule has 1 aromatic heterocycles. The lowest BCUT2D eigenvalue weighted by Crippen LogP contribution is -2.26. The van der Waals surface area contributed by atoms with E-state index in [1.54, 1.807) is 31.4 Å². The summed E-state index contributed by atoms with van der Waals surface area (Å²) in [4.78, 5) is 28.6. The number of hydrogen-bond donors (Lipinski definition) is 1. The van der Waals surface area contributed by atoms with Crippen LogP contribution in [0.15, 0.2) is 34.0 Å². The third-order valence-corrected chi connectivity index (χ3v) is 5.72. The number of rotatable bonds is 10. The van der Waals surface area contributed by atoms with Crippen molar-refractivity contribution in [3.05, 3.63) is 40.9 Å². The predicted octanol–water partition coefficient (Wildman–Crippen LogP) is 3.83. The fourth-order valence-corrected chi connectivity index (χ4v) is 3.89. The summed E-state index contributed by atoms with van der Waals surface area (Å²) in [5.74, 6) is 1.65. The van der Waals surface area contributed by atoms with Gasteiger partial charge in [-0.15, -0.1) is 11.3 Å². The van der Waals surface area contributed by atoms with E-state index >= 15 is 0 Å². The first-order valence-corrected chi connectivity index (χ1v) is 10.4. The van der Waals surface area contributed by atoms with Crippen LogP contribution < -0.4 is 10.1 Å². The van der Waals surface area contributed by atoms with E-state index in [2.05, 4.69) is 24.1 Å². The lowest BCUT2D eigenvalue weighted by Gasteiger charge is -2.06. The minimum Gasteiger partial charge on any atom is -0.497 e. The van der Waals surface area contributed by atoms with Crippen LogP contribution in [-0.4, -0.2) is 36.1 Å². The molecule has 0 aliphatic heterocycles. The van der Waals surface area contributed by atoms with Gasteiger partial charge in [0, 0.05) is 17.5 Å². The van der Waals surface area contributed by atoms with Crippen LogP contribution in [0.2, 0.25) is 0 Å². The average molecular weight is 393 g/mol. The smallest absolute Gasteiger partial charge is 0.226 e. The summed E-state index contributed by atoms with van der Waals surface area (Å²) in [7, 11) is 1.59. The Bertz CT molecular complexity index is 727. The molecule has 2 aromatic rings. The van der Waals surface area contributed by atoms with E-state index < -0.39 is 0 Å². The molecule has 0 fully saturated rings. The Labute approximate surface area is 162 Å². The number of benzene rings is 1. The molecule has 0 atom stereocenters.